The SMILES string of the molecule is c1ccc(CCCCCCc2ccco2)cc1. The minimum absolute atomic E-state index is 1.08. The number of hydrogen-bond acceptors (Lipinski definition) is 1. The molecule has 1 aromatic heterocycles. The second-order valence-corrected chi connectivity index (χ2v) is 4.48. The molecule has 0 saturated heterocycles. The Bertz CT molecular complexity index is 389. The van der Waals surface area contributed by atoms with E-state index in [0.29, 0.717) is 0 Å². The number of unbranched alkanes of at least 4 members (excludes halogenated alkanes) is 3. The van der Waals surface area contributed by atoms with Crippen molar-refractivity contribution in [2.75, 3.05) is 0 Å². The molecular weight excluding hydrogens is 208 g/mol. The highest BCUT2D eigenvalue weighted by Gasteiger charge is 1.96. The van der Waals surface area contributed by atoms with E-state index in [1.807, 2.05) is 6.07 Å². The first-order valence-electron chi connectivity index (χ1n) is 6.51. The van der Waals surface area contributed by atoms with Crippen LogP contribution in [0.5, 0.6) is 0 Å². The van der Waals surface area contributed by atoms with Gasteiger partial charge in [-0.3, -0.25) is 0 Å². The molecular formula is C16H20O. The smallest absolute Gasteiger partial charge is 0.103 e. The first-order chi connectivity index (χ1) is 8.45. The van der Waals surface area contributed by atoms with Crippen molar-refractivity contribution in [1.82, 2.24) is 0 Å². The van der Waals surface area contributed by atoms with Crippen molar-refractivity contribution in [3.8, 4) is 0 Å². The van der Waals surface area contributed by atoms with Gasteiger partial charge in [-0.2, -0.15) is 0 Å². The van der Waals surface area contributed by atoms with Crippen molar-refractivity contribution in [1.29, 1.82) is 0 Å². The van der Waals surface area contributed by atoms with Crippen LogP contribution in [0.25, 0.3) is 0 Å². The van der Waals surface area contributed by atoms with Crippen LogP contribution in [-0.2, 0) is 12.8 Å². The maximum absolute atomic E-state index is 5.31. The lowest BCUT2D eigenvalue weighted by molar-refractivity contribution is 0.493. The summed E-state index contributed by atoms with van der Waals surface area (Å²) < 4.78 is 5.31. The Morgan fingerprint density at radius 1 is 0.706 bits per heavy atom. The van der Waals surface area contributed by atoms with Gasteiger partial charge >= 0.3 is 0 Å². The van der Waals surface area contributed by atoms with Crippen LogP contribution in [-0.4, -0.2) is 0 Å². The van der Waals surface area contributed by atoms with E-state index in [2.05, 4.69) is 36.4 Å². The highest BCUT2D eigenvalue weighted by Crippen LogP contribution is 2.10. The molecule has 0 fully saturated rings. The molecule has 0 radical (unpaired) electrons. The first kappa shape index (κ1) is 12.0. The summed E-state index contributed by atoms with van der Waals surface area (Å²) in [4.78, 5) is 0. The zero-order valence-corrected chi connectivity index (χ0v) is 10.3. The molecule has 90 valence electrons. The normalized spacial score (nSPS) is 10.6. The lowest BCUT2D eigenvalue weighted by atomic mass is 10.1. The summed E-state index contributed by atoms with van der Waals surface area (Å²) in [5.74, 6) is 1.12. The summed E-state index contributed by atoms with van der Waals surface area (Å²) in [6, 6.07) is 14.8. The minimum Gasteiger partial charge on any atom is -0.469 e. The van der Waals surface area contributed by atoms with Crippen LogP contribution in [0.3, 0.4) is 0 Å². The Balaban J connectivity index is 1.52. The van der Waals surface area contributed by atoms with Crippen LogP contribution >= 0.6 is 0 Å². The third kappa shape index (κ3) is 4.48. The molecule has 0 aliphatic rings. The van der Waals surface area contributed by atoms with E-state index < -0.39 is 0 Å². The molecule has 1 nitrogen and oxygen atoms in total. The summed E-state index contributed by atoms with van der Waals surface area (Å²) in [6.07, 6.45) is 9.19. The number of aryl methyl sites for hydroxylation is 2. The molecule has 1 heteroatoms. The lowest BCUT2D eigenvalue weighted by Gasteiger charge is -2.01. The summed E-state index contributed by atoms with van der Waals surface area (Å²) in [6.45, 7) is 0. The first-order valence-corrected chi connectivity index (χ1v) is 6.51. The van der Waals surface area contributed by atoms with E-state index in [4.69, 9.17) is 4.42 Å². The van der Waals surface area contributed by atoms with Crippen molar-refractivity contribution in [3.63, 3.8) is 0 Å². The molecule has 2 aromatic rings. The van der Waals surface area contributed by atoms with Gasteiger partial charge in [0.2, 0.25) is 0 Å². The van der Waals surface area contributed by atoms with Gasteiger partial charge < -0.3 is 4.42 Å². The lowest BCUT2D eigenvalue weighted by Crippen LogP contribution is -1.87. The van der Waals surface area contributed by atoms with Crippen LogP contribution in [0.4, 0.5) is 0 Å². The highest BCUT2D eigenvalue weighted by atomic mass is 16.3. The van der Waals surface area contributed by atoms with Gasteiger partial charge in [0.15, 0.2) is 0 Å². The van der Waals surface area contributed by atoms with E-state index in [9.17, 15) is 0 Å². The van der Waals surface area contributed by atoms with Crippen LogP contribution < -0.4 is 0 Å². The summed E-state index contributed by atoms with van der Waals surface area (Å²) in [7, 11) is 0. The largest absolute Gasteiger partial charge is 0.469 e. The Kier molecular flexibility index (Phi) is 4.89. The molecule has 0 N–H and O–H groups in total. The Labute approximate surface area is 103 Å². The zero-order chi connectivity index (χ0) is 11.8. The fourth-order valence-electron chi connectivity index (χ4n) is 2.08. The summed E-state index contributed by atoms with van der Waals surface area (Å²) >= 11 is 0. The fraction of sp³-hybridized carbons (Fsp3) is 0.375. The molecule has 1 heterocycles. The molecule has 17 heavy (non-hydrogen) atoms. The third-order valence-corrected chi connectivity index (χ3v) is 3.06. The van der Waals surface area contributed by atoms with Gasteiger partial charge in [-0.1, -0.05) is 43.2 Å². The minimum atomic E-state index is 1.08. The fourth-order valence-corrected chi connectivity index (χ4v) is 2.08. The van der Waals surface area contributed by atoms with E-state index in [1.54, 1.807) is 6.26 Å². The molecule has 0 amide bonds. The van der Waals surface area contributed by atoms with Gasteiger partial charge in [-0.05, 0) is 37.0 Å². The molecule has 0 unspecified atom stereocenters. The standard InChI is InChI=1S/C16H20O/c1(2-7-12-16-13-8-14-17-16)4-9-15-10-5-3-6-11-15/h3,5-6,8,10-11,13-14H,1-2,4,7,9,12H2. The van der Waals surface area contributed by atoms with Gasteiger partial charge in [0.05, 0.1) is 6.26 Å². The maximum Gasteiger partial charge on any atom is 0.103 e. The van der Waals surface area contributed by atoms with E-state index >= 15 is 0 Å². The van der Waals surface area contributed by atoms with E-state index in [-0.39, 0.29) is 0 Å². The van der Waals surface area contributed by atoms with Crippen molar-refractivity contribution in [3.05, 3.63) is 60.1 Å². The Hall–Kier alpha value is -1.50. The average molecular weight is 228 g/mol. The average Bonchev–Trinajstić information content (AvgIpc) is 2.88. The van der Waals surface area contributed by atoms with Crippen LogP contribution in [0.15, 0.2) is 53.1 Å². The van der Waals surface area contributed by atoms with Crippen LogP contribution in [0.2, 0.25) is 0 Å². The predicted molar refractivity (Wildman–Crippen MR) is 71.0 cm³/mol. The second-order valence-electron chi connectivity index (χ2n) is 4.48. The molecule has 0 spiro atoms. The van der Waals surface area contributed by atoms with Gasteiger partial charge in [0, 0.05) is 6.42 Å². The van der Waals surface area contributed by atoms with Crippen LogP contribution in [0, 0.1) is 0 Å². The topological polar surface area (TPSA) is 13.1 Å². The van der Waals surface area contributed by atoms with E-state index in [0.717, 1.165) is 12.2 Å². The quantitative estimate of drug-likeness (QED) is 0.630. The van der Waals surface area contributed by atoms with Crippen LogP contribution in [0.1, 0.15) is 37.0 Å². The van der Waals surface area contributed by atoms with E-state index in [1.165, 1.54) is 37.7 Å². The number of furan rings is 1. The summed E-state index contributed by atoms with van der Waals surface area (Å²) in [5.41, 5.74) is 1.46. The maximum atomic E-state index is 5.31. The Morgan fingerprint density at radius 3 is 2.18 bits per heavy atom. The van der Waals surface area contributed by atoms with Crippen molar-refractivity contribution in [2.24, 2.45) is 0 Å². The Morgan fingerprint density at radius 2 is 1.47 bits per heavy atom. The molecule has 0 aliphatic heterocycles. The molecule has 0 atom stereocenters. The molecule has 2 rings (SSSR count). The summed E-state index contributed by atoms with van der Waals surface area (Å²) in [5, 5.41) is 0. The number of rotatable bonds is 7. The zero-order valence-electron chi connectivity index (χ0n) is 10.3. The molecule has 0 bridgehead atoms. The highest BCUT2D eigenvalue weighted by molar-refractivity contribution is 5.14. The van der Waals surface area contributed by atoms with Crippen molar-refractivity contribution < 1.29 is 4.42 Å². The van der Waals surface area contributed by atoms with Crippen molar-refractivity contribution in [2.45, 2.75) is 38.5 Å². The predicted octanol–water partition coefficient (Wildman–Crippen LogP) is 4.63. The molecule has 1 aromatic carbocycles. The monoisotopic (exact) mass is 228 g/mol. The number of hydrogen-bond donors (Lipinski definition) is 0. The van der Waals surface area contributed by atoms with Gasteiger partial charge in [0.1, 0.15) is 5.76 Å². The molecule has 0 aliphatic carbocycles. The second kappa shape index (κ2) is 6.95. The molecule has 0 saturated carbocycles. The third-order valence-electron chi connectivity index (χ3n) is 3.06. The van der Waals surface area contributed by atoms with Gasteiger partial charge in [-0.25, -0.2) is 0 Å². The van der Waals surface area contributed by atoms with Crippen molar-refractivity contribution >= 4 is 0 Å². The van der Waals surface area contributed by atoms with Gasteiger partial charge in [0.25, 0.3) is 0 Å². The number of benzene rings is 1. The van der Waals surface area contributed by atoms with Gasteiger partial charge in [-0.15, -0.1) is 0 Å².